The molecule has 1 unspecified atom stereocenters. The second-order valence-corrected chi connectivity index (χ2v) is 9.18. The summed E-state index contributed by atoms with van der Waals surface area (Å²) >= 11 is 0. The van der Waals surface area contributed by atoms with Gasteiger partial charge in [-0.25, -0.2) is 9.59 Å². The van der Waals surface area contributed by atoms with E-state index in [1.165, 1.54) is 0 Å². The number of cyclic esters (lactones) is 2. The average molecular weight is 456 g/mol. The van der Waals surface area contributed by atoms with Crippen molar-refractivity contribution in [1.29, 1.82) is 0 Å². The van der Waals surface area contributed by atoms with Gasteiger partial charge in [-0.1, -0.05) is 6.07 Å². The quantitative estimate of drug-likeness (QED) is 0.650. The zero-order valence-corrected chi connectivity index (χ0v) is 19.0. The minimum atomic E-state index is -0.657. The number of benzene rings is 1. The van der Waals surface area contributed by atoms with E-state index in [0.717, 1.165) is 49.3 Å². The van der Waals surface area contributed by atoms with E-state index in [1.54, 1.807) is 17.9 Å². The first-order valence-corrected chi connectivity index (χ1v) is 11.5. The highest BCUT2D eigenvalue weighted by molar-refractivity contribution is 5.94. The van der Waals surface area contributed by atoms with Crippen molar-refractivity contribution in [2.75, 3.05) is 45.9 Å². The molecule has 0 bridgehead atoms. The third kappa shape index (κ3) is 3.84. The van der Waals surface area contributed by atoms with Gasteiger partial charge in [-0.15, -0.1) is 0 Å². The summed E-state index contributed by atoms with van der Waals surface area (Å²) in [5.41, 5.74) is 4.43. The molecule has 9 heteroatoms. The zero-order valence-electron chi connectivity index (χ0n) is 19.0. The molecule has 2 atom stereocenters. The van der Waals surface area contributed by atoms with Gasteiger partial charge in [0.25, 0.3) is 0 Å². The first kappa shape index (κ1) is 22.1. The summed E-state index contributed by atoms with van der Waals surface area (Å²) in [4.78, 5) is 42.6. The third-order valence-electron chi connectivity index (χ3n) is 7.43. The monoisotopic (exact) mass is 455 g/mol. The lowest BCUT2D eigenvalue weighted by Crippen LogP contribution is -2.53. The summed E-state index contributed by atoms with van der Waals surface area (Å²) < 4.78 is 10.2. The highest BCUT2D eigenvalue weighted by atomic mass is 16.5. The molecular formula is C24H29N3O6. The number of piperazine rings is 1. The smallest absolute Gasteiger partial charge is 0.338 e. The number of amides is 1. The fraction of sp³-hybridized carbons (Fsp3) is 0.542. The van der Waals surface area contributed by atoms with Crippen LogP contribution in [0.4, 0.5) is 0 Å². The van der Waals surface area contributed by atoms with E-state index in [0.29, 0.717) is 29.9 Å². The number of hydrogen-bond acceptors (Lipinski definition) is 8. The molecule has 1 N–H and O–H groups in total. The molecule has 0 aromatic heterocycles. The highest BCUT2D eigenvalue weighted by Crippen LogP contribution is 2.30. The van der Waals surface area contributed by atoms with E-state index in [1.807, 2.05) is 13.0 Å². The van der Waals surface area contributed by atoms with Gasteiger partial charge in [-0.2, -0.15) is 0 Å². The highest BCUT2D eigenvalue weighted by Gasteiger charge is 2.41. The van der Waals surface area contributed by atoms with Crippen LogP contribution < -0.4 is 0 Å². The minimum Gasteiger partial charge on any atom is -0.457 e. The lowest BCUT2D eigenvalue weighted by Gasteiger charge is -2.38. The van der Waals surface area contributed by atoms with E-state index >= 15 is 0 Å². The average Bonchev–Trinajstić information content (AvgIpc) is 3.47. The molecule has 0 radical (unpaired) electrons. The SMILES string of the molecule is CC1=C(N2CCC(N3CCN(C[C@H](O)c4ccc5c(c4C)COC5=O)CC3)C2=O)COC1=O. The van der Waals surface area contributed by atoms with Gasteiger partial charge < -0.3 is 19.5 Å². The number of rotatable bonds is 5. The Hall–Kier alpha value is -2.75. The fourth-order valence-corrected chi connectivity index (χ4v) is 5.35. The molecule has 0 saturated carbocycles. The van der Waals surface area contributed by atoms with Crippen LogP contribution in [0.2, 0.25) is 0 Å². The molecule has 176 valence electrons. The van der Waals surface area contributed by atoms with Crippen LogP contribution in [-0.4, -0.2) is 89.6 Å². The molecule has 1 aromatic rings. The molecule has 4 aliphatic rings. The number of β-amino-alcohol motifs (C(OH)–C–C–N with tert-alkyl or cyclic N) is 1. The largest absolute Gasteiger partial charge is 0.457 e. The lowest BCUT2D eigenvalue weighted by molar-refractivity contribution is -0.136. The number of esters is 2. The van der Waals surface area contributed by atoms with Gasteiger partial charge in [0.1, 0.15) is 13.2 Å². The van der Waals surface area contributed by atoms with Crippen LogP contribution in [0.15, 0.2) is 23.4 Å². The summed E-state index contributed by atoms with van der Waals surface area (Å²) in [5, 5.41) is 10.9. The van der Waals surface area contributed by atoms with Crippen LogP contribution in [0.5, 0.6) is 0 Å². The van der Waals surface area contributed by atoms with E-state index in [-0.39, 0.29) is 37.1 Å². The second-order valence-electron chi connectivity index (χ2n) is 9.18. The van der Waals surface area contributed by atoms with Crippen LogP contribution >= 0.6 is 0 Å². The predicted octanol–water partition coefficient (Wildman–Crippen LogP) is 0.748. The van der Waals surface area contributed by atoms with Gasteiger partial charge >= 0.3 is 11.9 Å². The molecule has 9 nitrogen and oxygen atoms in total. The Morgan fingerprint density at radius 2 is 1.73 bits per heavy atom. The Kier molecular flexibility index (Phi) is 5.72. The van der Waals surface area contributed by atoms with Crippen molar-refractivity contribution in [2.24, 2.45) is 0 Å². The number of hydrogen-bond donors (Lipinski definition) is 1. The van der Waals surface area contributed by atoms with E-state index < -0.39 is 6.10 Å². The number of carbonyl (C=O) groups excluding carboxylic acids is 3. The van der Waals surface area contributed by atoms with Crippen LogP contribution in [0.25, 0.3) is 0 Å². The van der Waals surface area contributed by atoms with Gasteiger partial charge in [0.15, 0.2) is 0 Å². The van der Waals surface area contributed by atoms with Gasteiger partial charge in [0.2, 0.25) is 5.91 Å². The van der Waals surface area contributed by atoms with Crippen LogP contribution in [0.1, 0.15) is 46.5 Å². The van der Waals surface area contributed by atoms with Crippen molar-refractivity contribution in [3.63, 3.8) is 0 Å². The lowest BCUT2D eigenvalue weighted by atomic mass is 9.95. The maximum absolute atomic E-state index is 13.0. The van der Waals surface area contributed by atoms with E-state index in [2.05, 4.69) is 9.80 Å². The summed E-state index contributed by atoms with van der Waals surface area (Å²) in [6.45, 7) is 8.20. The Morgan fingerprint density at radius 1 is 1.00 bits per heavy atom. The Balaban J connectivity index is 1.17. The number of ether oxygens (including phenoxy) is 2. The zero-order chi connectivity index (χ0) is 23.3. The first-order valence-electron chi connectivity index (χ1n) is 11.5. The Bertz CT molecular complexity index is 1040. The molecule has 4 heterocycles. The molecule has 1 aromatic carbocycles. The summed E-state index contributed by atoms with van der Waals surface area (Å²) in [6, 6.07) is 3.39. The summed E-state index contributed by atoms with van der Waals surface area (Å²) in [6.07, 6.45) is 0.0811. The normalized spacial score (nSPS) is 25.0. The first-order chi connectivity index (χ1) is 15.8. The van der Waals surface area contributed by atoms with Crippen LogP contribution in [-0.2, 0) is 25.7 Å². The number of carbonyl (C=O) groups is 3. The van der Waals surface area contributed by atoms with Crippen LogP contribution in [0, 0.1) is 6.92 Å². The number of nitrogens with zero attached hydrogens (tertiary/aromatic N) is 3. The van der Waals surface area contributed by atoms with E-state index in [9.17, 15) is 19.5 Å². The van der Waals surface area contributed by atoms with Crippen molar-refractivity contribution in [1.82, 2.24) is 14.7 Å². The molecular weight excluding hydrogens is 426 g/mol. The van der Waals surface area contributed by atoms with Crippen molar-refractivity contribution >= 4 is 17.8 Å². The standard InChI is InChI=1S/C24H29N3O6/c1-14-16(3-4-17-18(14)12-32-24(17)31)21(28)11-25-7-9-26(10-8-25)19-5-6-27(22(19)29)20-13-33-23(30)15(20)2/h3-4,19,21,28H,5-13H2,1-2H3/t19?,21-/m0/s1. The predicted molar refractivity (Wildman–Crippen MR) is 117 cm³/mol. The molecule has 33 heavy (non-hydrogen) atoms. The third-order valence-corrected chi connectivity index (χ3v) is 7.43. The number of aliphatic hydroxyl groups excluding tert-OH is 1. The Labute approximate surface area is 192 Å². The van der Waals surface area contributed by atoms with Gasteiger partial charge in [-0.05, 0) is 37.5 Å². The number of aliphatic hydroxyl groups is 1. The topological polar surface area (TPSA) is 99.6 Å². The fourth-order valence-electron chi connectivity index (χ4n) is 5.35. The van der Waals surface area contributed by atoms with Crippen molar-refractivity contribution in [3.8, 4) is 0 Å². The molecule has 0 spiro atoms. The maximum Gasteiger partial charge on any atom is 0.338 e. The molecule has 2 saturated heterocycles. The van der Waals surface area contributed by atoms with Gasteiger partial charge in [0, 0.05) is 44.8 Å². The molecule has 0 aliphatic carbocycles. The van der Waals surface area contributed by atoms with Crippen molar-refractivity contribution < 1.29 is 29.0 Å². The minimum absolute atomic E-state index is 0.0432. The molecule has 4 aliphatic heterocycles. The second kappa shape index (κ2) is 8.55. The van der Waals surface area contributed by atoms with Gasteiger partial charge in [0.05, 0.1) is 29.0 Å². The molecule has 2 fully saturated rings. The number of fused-ring (bicyclic) bond motifs is 1. The number of likely N-dealkylation sites (tertiary alicyclic amines) is 1. The Morgan fingerprint density at radius 3 is 2.42 bits per heavy atom. The maximum atomic E-state index is 13.0. The molecule has 5 rings (SSSR count). The summed E-state index contributed by atoms with van der Waals surface area (Å²) in [5.74, 6) is -0.600. The van der Waals surface area contributed by atoms with Crippen LogP contribution in [0.3, 0.4) is 0 Å². The van der Waals surface area contributed by atoms with E-state index in [4.69, 9.17) is 9.47 Å². The molecule has 1 amide bonds. The summed E-state index contributed by atoms with van der Waals surface area (Å²) in [7, 11) is 0. The van der Waals surface area contributed by atoms with Crippen molar-refractivity contribution in [2.45, 2.75) is 39.0 Å². The van der Waals surface area contributed by atoms with Gasteiger partial charge in [-0.3, -0.25) is 14.6 Å². The van der Waals surface area contributed by atoms with Crippen molar-refractivity contribution in [3.05, 3.63) is 45.7 Å².